The van der Waals surface area contributed by atoms with Gasteiger partial charge in [0.15, 0.2) is 0 Å². The van der Waals surface area contributed by atoms with Gasteiger partial charge in [-0.1, -0.05) is 41.9 Å². The molecular formula is C19H20ClN5O2. The Bertz CT molecular complexity index is 921. The van der Waals surface area contributed by atoms with Crippen molar-refractivity contribution in [3.05, 3.63) is 70.8 Å². The van der Waals surface area contributed by atoms with Gasteiger partial charge in [-0.2, -0.15) is 10.2 Å². The van der Waals surface area contributed by atoms with Crippen LogP contribution < -0.4 is 5.32 Å². The summed E-state index contributed by atoms with van der Waals surface area (Å²) in [5, 5.41) is 12.1. The first-order chi connectivity index (χ1) is 13.2. The summed E-state index contributed by atoms with van der Waals surface area (Å²) in [5.41, 5.74) is 3.27. The lowest BCUT2D eigenvalue weighted by atomic mass is 10.1. The largest absolute Gasteiger partial charge is 0.370 e. The number of amides is 1. The van der Waals surface area contributed by atoms with Crippen molar-refractivity contribution in [2.45, 2.75) is 25.6 Å². The molecule has 1 amide bonds. The Morgan fingerprint density at radius 1 is 1.26 bits per heavy atom. The number of ether oxygens (including phenoxy) is 1. The molecule has 1 aromatic carbocycles. The van der Waals surface area contributed by atoms with E-state index in [2.05, 4.69) is 28.7 Å². The van der Waals surface area contributed by atoms with Crippen LogP contribution >= 0.6 is 11.6 Å². The Kier molecular flexibility index (Phi) is 5.22. The molecule has 0 saturated carbocycles. The number of carbonyl (C=O) groups is 1. The van der Waals surface area contributed by atoms with Crippen molar-refractivity contribution < 1.29 is 9.53 Å². The SMILES string of the molecule is O=C(Cn1cc(Cl)cn1)NC[C@@H]1OCCc2cn(Cc3ccccc3)nc21. The van der Waals surface area contributed by atoms with Gasteiger partial charge in [0, 0.05) is 18.9 Å². The number of fused-ring (bicyclic) bond motifs is 1. The van der Waals surface area contributed by atoms with E-state index in [9.17, 15) is 4.79 Å². The van der Waals surface area contributed by atoms with Gasteiger partial charge < -0.3 is 10.1 Å². The van der Waals surface area contributed by atoms with Gasteiger partial charge in [0.1, 0.15) is 12.6 Å². The van der Waals surface area contributed by atoms with Crippen molar-refractivity contribution in [2.24, 2.45) is 0 Å². The summed E-state index contributed by atoms with van der Waals surface area (Å²) in [4.78, 5) is 12.1. The fraction of sp³-hybridized carbons (Fsp3) is 0.316. The number of halogens is 1. The van der Waals surface area contributed by atoms with Crippen molar-refractivity contribution in [1.82, 2.24) is 24.9 Å². The number of hydrogen-bond acceptors (Lipinski definition) is 4. The molecule has 2 aromatic heterocycles. The zero-order valence-electron chi connectivity index (χ0n) is 14.7. The summed E-state index contributed by atoms with van der Waals surface area (Å²) >= 11 is 5.81. The Morgan fingerprint density at radius 3 is 2.89 bits per heavy atom. The van der Waals surface area contributed by atoms with Crippen molar-refractivity contribution in [3.8, 4) is 0 Å². The topological polar surface area (TPSA) is 74.0 Å². The van der Waals surface area contributed by atoms with Gasteiger partial charge >= 0.3 is 0 Å². The normalized spacial score (nSPS) is 16.1. The zero-order chi connectivity index (χ0) is 18.6. The fourth-order valence-electron chi connectivity index (χ4n) is 3.17. The van der Waals surface area contributed by atoms with Crippen LogP contribution in [-0.2, 0) is 29.0 Å². The van der Waals surface area contributed by atoms with Crippen LogP contribution in [0.25, 0.3) is 0 Å². The molecule has 8 heteroatoms. The number of hydrogen-bond donors (Lipinski definition) is 1. The Balaban J connectivity index is 1.38. The molecule has 3 heterocycles. The lowest BCUT2D eigenvalue weighted by Crippen LogP contribution is -2.34. The highest BCUT2D eigenvalue weighted by Gasteiger charge is 2.25. The molecule has 1 atom stereocenters. The maximum atomic E-state index is 12.1. The molecule has 7 nitrogen and oxygen atoms in total. The van der Waals surface area contributed by atoms with E-state index in [4.69, 9.17) is 21.4 Å². The monoisotopic (exact) mass is 385 g/mol. The van der Waals surface area contributed by atoms with Crippen molar-refractivity contribution in [1.29, 1.82) is 0 Å². The van der Waals surface area contributed by atoms with Gasteiger partial charge in [-0.15, -0.1) is 0 Å². The summed E-state index contributed by atoms with van der Waals surface area (Å²) in [6, 6.07) is 10.2. The molecule has 0 unspecified atom stereocenters. The van der Waals surface area contributed by atoms with Gasteiger partial charge in [0.05, 0.1) is 30.1 Å². The number of nitrogens with one attached hydrogen (secondary N) is 1. The van der Waals surface area contributed by atoms with E-state index >= 15 is 0 Å². The number of aromatic nitrogens is 4. The predicted molar refractivity (Wildman–Crippen MR) is 100 cm³/mol. The standard InChI is InChI=1S/C19H20ClN5O2/c20-16-8-22-24(12-16)13-18(26)21-9-17-19-15(6-7-27-17)11-25(23-19)10-14-4-2-1-3-5-14/h1-5,8,11-12,17H,6-7,9-10,13H2,(H,21,26)/t17-/m0/s1. The van der Waals surface area contributed by atoms with Crippen LogP contribution in [0.4, 0.5) is 0 Å². The van der Waals surface area contributed by atoms with Crippen molar-refractivity contribution >= 4 is 17.5 Å². The average Bonchev–Trinajstić information content (AvgIpc) is 3.26. The molecule has 140 valence electrons. The van der Waals surface area contributed by atoms with E-state index in [1.807, 2.05) is 22.9 Å². The maximum absolute atomic E-state index is 12.1. The molecule has 1 aliphatic rings. The van der Waals surface area contributed by atoms with Gasteiger partial charge in [-0.25, -0.2) is 0 Å². The Hall–Kier alpha value is -2.64. The minimum absolute atomic E-state index is 0.120. The Labute approximate surface area is 161 Å². The predicted octanol–water partition coefficient (Wildman–Crippen LogP) is 2.21. The molecule has 0 fully saturated rings. The second-order valence-corrected chi connectivity index (χ2v) is 6.93. The maximum Gasteiger partial charge on any atom is 0.241 e. The minimum Gasteiger partial charge on any atom is -0.370 e. The first kappa shape index (κ1) is 17.8. The van der Waals surface area contributed by atoms with Crippen molar-refractivity contribution in [2.75, 3.05) is 13.2 Å². The van der Waals surface area contributed by atoms with Crippen LogP contribution in [0.2, 0.25) is 5.02 Å². The third-order valence-corrected chi connectivity index (χ3v) is 4.64. The van der Waals surface area contributed by atoms with Crippen LogP contribution in [0, 0.1) is 0 Å². The van der Waals surface area contributed by atoms with Crippen LogP contribution in [0.15, 0.2) is 48.9 Å². The van der Waals surface area contributed by atoms with Crippen LogP contribution in [0.5, 0.6) is 0 Å². The van der Waals surface area contributed by atoms with E-state index in [0.29, 0.717) is 24.7 Å². The number of carbonyl (C=O) groups excluding carboxylic acids is 1. The van der Waals surface area contributed by atoms with E-state index < -0.39 is 0 Å². The smallest absolute Gasteiger partial charge is 0.241 e. The van der Waals surface area contributed by atoms with E-state index in [-0.39, 0.29) is 18.6 Å². The lowest BCUT2D eigenvalue weighted by molar-refractivity contribution is -0.122. The molecule has 1 N–H and O–H groups in total. The van der Waals surface area contributed by atoms with Gasteiger partial charge in [-0.3, -0.25) is 14.2 Å². The van der Waals surface area contributed by atoms with Gasteiger partial charge in [0.25, 0.3) is 0 Å². The first-order valence-corrected chi connectivity index (χ1v) is 9.21. The van der Waals surface area contributed by atoms with Gasteiger partial charge in [0.2, 0.25) is 5.91 Å². The summed E-state index contributed by atoms with van der Waals surface area (Å²) in [5.74, 6) is -0.144. The molecule has 3 aromatic rings. The summed E-state index contributed by atoms with van der Waals surface area (Å²) in [6.07, 6.45) is 5.79. The van der Waals surface area contributed by atoms with Crippen LogP contribution in [0.1, 0.15) is 22.9 Å². The molecule has 27 heavy (non-hydrogen) atoms. The highest BCUT2D eigenvalue weighted by molar-refractivity contribution is 6.30. The highest BCUT2D eigenvalue weighted by atomic mass is 35.5. The van der Waals surface area contributed by atoms with Crippen LogP contribution in [0.3, 0.4) is 0 Å². The molecule has 1 aliphatic heterocycles. The molecule has 0 aliphatic carbocycles. The quantitative estimate of drug-likeness (QED) is 0.706. The Morgan fingerprint density at radius 2 is 2.11 bits per heavy atom. The van der Waals surface area contributed by atoms with Crippen LogP contribution in [-0.4, -0.2) is 38.6 Å². The molecule has 0 spiro atoms. The lowest BCUT2D eigenvalue weighted by Gasteiger charge is -2.22. The van der Waals surface area contributed by atoms with Gasteiger partial charge in [-0.05, 0) is 17.5 Å². The molecule has 4 rings (SSSR count). The van der Waals surface area contributed by atoms with Crippen molar-refractivity contribution in [3.63, 3.8) is 0 Å². The third kappa shape index (κ3) is 4.37. The van der Waals surface area contributed by atoms with E-state index in [1.165, 1.54) is 22.0 Å². The molecule has 0 bridgehead atoms. The molecule has 0 radical (unpaired) electrons. The first-order valence-electron chi connectivity index (χ1n) is 8.84. The molecular weight excluding hydrogens is 366 g/mol. The van der Waals surface area contributed by atoms with E-state index in [0.717, 1.165) is 12.1 Å². The summed E-state index contributed by atoms with van der Waals surface area (Å²) in [6.45, 7) is 1.84. The second-order valence-electron chi connectivity index (χ2n) is 6.49. The molecule has 0 saturated heterocycles. The third-order valence-electron chi connectivity index (χ3n) is 4.44. The van der Waals surface area contributed by atoms with E-state index in [1.54, 1.807) is 6.20 Å². The highest BCUT2D eigenvalue weighted by Crippen LogP contribution is 2.25. The zero-order valence-corrected chi connectivity index (χ0v) is 15.5. The summed E-state index contributed by atoms with van der Waals surface area (Å²) in [7, 11) is 0. The number of rotatable bonds is 6. The summed E-state index contributed by atoms with van der Waals surface area (Å²) < 4.78 is 9.28. The average molecular weight is 386 g/mol. The second kappa shape index (κ2) is 7.94. The number of benzene rings is 1. The fourth-order valence-corrected chi connectivity index (χ4v) is 3.33. The number of nitrogens with zero attached hydrogens (tertiary/aromatic N) is 4. The minimum atomic E-state index is -0.240.